The van der Waals surface area contributed by atoms with Crippen LogP contribution in [0.4, 0.5) is 0 Å². The fraction of sp³-hybridized carbons (Fsp3) is 0.294. The third-order valence-electron chi connectivity index (χ3n) is 3.48. The van der Waals surface area contributed by atoms with Gasteiger partial charge >= 0.3 is 0 Å². The first-order valence-corrected chi connectivity index (χ1v) is 8.11. The normalized spacial score (nSPS) is 12.6. The van der Waals surface area contributed by atoms with Crippen LogP contribution in [0.5, 0.6) is 5.75 Å². The summed E-state index contributed by atoms with van der Waals surface area (Å²) in [5.41, 5.74) is 2.08. The largest absolute Gasteiger partial charge is 0.506 e. The Morgan fingerprint density at radius 3 is 2.43 bits per heavy atom. The van der Waals surface area contributed by atoms with Crippen molar-refractivity contribution in [2.45, 2.75) is 26.4 Å². The number of hydrogen-bond acceptors (Lipinski definition) is 2. The lowest BCUT2D eigenvalue weighted by Crippen LogP contribution is -2.25. The Hall–Kier alpha value is -1.03. The van der Waals surface area contributed by atoms with Gasteiger partial charge in [-0.05, 0) is 45.6 Å². The third-order valence-corrected chi connectivity index (χ3v) is 4.37. The monoisotopic (exact) mass is 367 g/mol. The van der Waals surface area contributed by atoms with Crippen molar-refractivity contribution in [1.29, 1.82) is 0 Å². The zero-order valence-corrected chi connectivity index (χ0v) is 14.4. The van der Waals surface area contributed by atoms with E-state index in [2.05, 4.69) is 35.1 Å². The van der Waals surface area contributed by atoms with Crippen LogP contribution in [-0.2, 0) is 6.54 Å². The second-order valence-corrected chi connectivity index (χ2v) is 6.69. The summed E-state index contributed by atoms with van der Waals surface area (Å²) >= 11 is 9.29. The summed E-state index contributed by atoms with van der Waals surface area (Å²) < 4.78 is 0.717. The Morgan fingerprint density at radius 1 is 1.14 bits per heavy atom. The fourth-order valence-corrected chi connectivity index (χ4v) is 2.86. The summed E-state index contributed by atoms with van der Waals surface area (Å²) in [6, 6.07) is 13.8. The number of nitrogens with one attached hydrogen (secondary N) is 1. The summed E-state index contributed by atoms with van der Waals surface area (Å²) in [5.74, 6) is 0.726. The van der Waals surface area contributed by atoms with Crippen LogP contribution in [-0.4, -0.2) is 5.11 Å². The summed E-state index contributed by atoms with van der Waals surface area (Å²) in [5, 5.41) is 14.3. The molecule has 0 aliphatic heterocycles. The highest BCUT2D eigenvalue weighted by atomic mass is 79.9. The number of phenols is 1. The molecule has 0 spiro atoms. The average Bonchev–Trinajstić information content (AvgIpc) is 2.45. The molecule has 0 heterocycles. The lowest BCUT2D eigenvalue weighted by atomic mass is 9.96. The van der Waals surface area contributed by atoms with Crippen LogP contribution in [0.2, 0.25) is 5.02 Å². The lowest BCUT2D eigenvalue weighted by Gasteiger charge is -2.23. The molecule has 0 amide bonds. The van der Waals surface area contributed by atoms with Crippen molar-refractivity contribution in [3.63, 3.8) is 0 Å². The maximum Gasteiger partial charge on any atom is 0.134 e. The molecule has 2 rings (SSSR count). The molecule has 1 unspecified atom stereocenters. The molecule has 0 aliphatic carbocycles. The molecule has 2 aromatic carbocycles. The van der Waals surface area contributed by atoms with Crippen molar-refractivity contribution in [3.8, 4) is 5.75 Å². The molecule has 0 aliphatic rings. The minimum Gasteiger partial charge on any atom is -0.506 e. The molecule has 21 heavy (non-hydrogen) atoms. The summed E-state index contributed by atoms with van der Waals surface area (Å²) in [4.78, 5) is 0. The number of benzene rings is 2. The molecule has 0 bridgehead atoms. The van der Waals surface area contributed by atoms with Crippen molar-refractivity contribution in [2.24, 2.45) is 5.92 Å². The number of hydrogen-bond donors (Lipinski definition) is 2. The van der Waals surface area contributed by atoms with E-state index in [1.165, 1.54) is 5.56 Å². The van der Waals surface area contributed by atoms with E-state index < -0.39 is 0 Å². The number of phenolic OH excluding ortho intramolecular Hbond substituents is 1. The van der Waals surface area contributed by atoms with Crippen molar-refractivity contribution in [3.05, 3.63) is 63.1 Å². The number of halogens is 2. The predicted octanol–water partition coefficient (Wildman–Crippen LogP) is 5.30. The van der Waals surface area contributed by atoms with Gasteiger partial charge in [-0.3, -0.25) is 0 Å². The van der Waals surface area contributed by atoms with Crippen molar-refractivity contribution >= 4 is 27.5 Å². The van der Waals surface area contributed by atoms with Gasteiger partial charge in [0, 0.05) is 23.2 Å². The van der Waals surface area contributed by atoms with Crippen LogP contribution in [0.25, 0.3) is 0 Å². The Labute approximate surface area is 139 Å². The summed E-state index contributed by atoms with van der Waals surface area (Å²) in [6.07, 6.45) is 0. The van der Waals surface area contributed by atoms with Crippen LogP contribution >= 0.6 is 27.5 Å². The molecule has 0 saturated carbocycles. The molecule has 2 nitrogen and oxygen atoms in total. The zero-order chi connectivity index (χ0) is 15.4. The Kier molecular flexibility index (Phi) is 5.68. The standard InChI is InChI=1S/C17H19BrClNO/c1-11(2)16(12-6-8-14(19)9-7-12)20-10-13-4-3-5-15(18)17(13)21/h3-9,11,16,20-21H,10H2,1-2H3. The summed E-state index contributed by atoms with van der Waals surface area (Å²) in [6.45, 7) is 4.96. The smallest absolute Gasteiger partial charge is 0.134 e. The van der Waals surface area contributed by atoms with E-state index in [0.717, 1.165) is 15.1 Å². The SMILES string of the molecule is CC(C)C(NCc1cccc(Br)c1O)c1ccc(Cl)cc1. The molecule has 112 valence electrons. The molecule has 0 saturated heterocycles. The second-order valence-electron chi connectivity index (χ2n) is 5.40. The van der Waals surface area contributed by atoms with Gasteiger partial charge in [0.15, 0.2) is 0 Å². The highest BCUT2D eigenvalue weighted by Gasteiger charge is 2.16. The van der Waals surface area contributed by atoms with Crippen molar-refractivity contribution in [2.75, 3.05) is 0 Å². The third kappa shape index (κ3) is 4.22. The second kappa shape index (κ2) is 7.30. The van der Waals surface area contributed by atoms with Crippen LogP contribution in [0.1, 0.15) is 31.0 Å². The molecule has 0 fully saturated rings. The number of aromatic hydroxyl groups is 1. The van der Waals surface area contributed by atoms with E-state index in [4.69, 9.17) is 11.6 Å². The van der Waals surface area contributed by atoms with Gasteiger partial charge in [0.25, 0.3) is 0 Å². The maximum absolute atomic E-state index is 10.1. The predicted molar refractivity (Wildman–Crippen MR) is 91.7 cm³/mol. The molecule has 2 N–H and O–H groups in total. The van der Waals surface area contributed by atoms with Crippen LogP contribution in [0.15, 0.2) is 46.9 Å². The van der Waals surface area contributed by atoms with Gasteiger partial charge in [-0.2, -0.15) is 0 Å². The van der Waals surface area contributed by atoms with Gasteiger partial charge in [-0.1, -0.05) is 49.7 Å². The van der Waals surface area contributed by atoms with E-state index in [9.17, 15) is 5.11 Å². The summed E-state index contributed by atoms with van der Waals surface area (Å²) in [7, 11) is 0. The van der Waals surface area contributed by atoms with Crippen molar-refractivity contribution in [1.82, 2.24) is 5.32 Å². The molecule has 1 atom stereocenters. The topological polar surface area (TPSA) is 32.3 Å². The lowest BCUT2D eigenvalue weighted by molar-refractivity contribution is 0.402. The van der Waals surface area contributed by atoms with Gasteiger partial charge in [0.2, 0.25) is 0 Å². The highest BCUT2D eigenvalue weighted by Crippen LogP contribution is 2.29. The first kappa shape index (κ1) is 16.3. The van der Waals surface area contributed by atoms with Gasteiger partial charge < -0.3 is 10.4 Å². The van der Waals surface area contributed by atoms with E-state index in [-0.39, 0.29) is 6.04 Å². The van der Waals surface area contributed by atoms with E-state index in [1.807, 2.05) is 42.5 Å². The molecule has 4 heteroatoms. The number of rotatable bonds is 5. The molecular weight excluding hydrogens is 350 g/mol. The first-order valence-electron chi connectivity index (χ1n) is 6.94. The minimum absolute atomic E-state index is 0.209. The van der Waals surface area contributed by atoms with E-state index in [0.29, 0.717) is 18.2 Å². The van der Waals surface area contributed by atoms with Gasteiger partial charge in [0.1, 0.15) is 5.75 Å². The minimum atomic E-state index is 0.209. The molecule has 0 aromatic heterocycles. The maximum atomic E-state index is 10.1. The quantitative estimate of drug-likeness (QED) is 0.751. The Balaban J connectivity index is 2.14. The fourth-order valence-electron chi connectivity index (χ4n) is 2.33. The van der Waals surface area contributed by atoms with E-state index >= 15 is 0 Å². The molecule has 0 radical (unpaired) electrons. The number of para-hydroxylation sites is 1. The van der Waals surface area contributed by atoms with E-state index in [1.54, 1.807) is 0 Å². The van der Waals surface area contributed by atoms with Gasteiger partial charge in [-0.25, -0.2) is 0 Å². The van der Waals surface area contributed by atoms with Gasteiger partial charge in [0.05, 0.1) is 4.47 Å². The van der Waals surface area contributed by atoms with Gasteiger partial charge in [-0.15, -0.1) is 0 Å². The average molecular weight is 369 g/mol. The molecular formula is C17H19BrClNO. The van der Waals surface area contributed by atoms with Crippen LogP contribution in [0, 0.1) is 5.92 Å². The van der Waals surface area contributed by atoms with Crippen molar-refractivity contribution < 1.29 is 5.11 Å². The zero-order valence-electron chi connectivity index (χ0n) is 12.1. The Morgan fingerprint density at radius 2 is 1.81 bits per heavy atom. The van der Waals surface area contributed by atoms with Crippen LogP contribution in [0.3, 0.4) is 0 Å². The first-order chi connectivity index (χ1) is 9.99. The highest BCUT2D eigenvalue weighted by molar-refractivity contribution is 9.10. The Bertz CT molecular complexity index is 598. The van der Waals surface area contributed by atoms with Crippen LogP contribution < -0.4 is 5.32 Å². The molecule has 2 aromatic rings.